The summed E-state index contributed by atoms with van der Waals surface area (Å²) in [6, 6.07) is 7.54. The lowest BCUT2D eigenvalue weighted by Gasteiger charge is -2.24. The Kier molecular flexibility index (Phi) is 6.50. The molecule has 1 aliphatic heterocycles. The molecule has 3 rings (SSSR count). The van der Waals surface area contributed by atoms with Crippen molar-refractivity contribution in [2.45, 2.75) is 6.04 Å². The van der Waals surface area contributed by atoms with Gasteiger partial charge in [-0.15, -0.1) is 0 Å². The van der Waals surface area contributed by atoms with E-state index in [1.54, 1.807) is 12.1 Å². The molecule has 1 aromatic carbocycles. The minimum atomic E-state index is -0.935. The lowest BCUT2D eigenvalue weighted by Crippen LogP contribution is -2.33. The number of carbonyl (C=O) groups is 2. The Bertz CT molecular complexity index is 991. The molecule has 0 unspecified atom stereocenters. The fourth-order valence-corrected chi connectivity index (χ4v) is 3.25. The van der Waals surface area contributed by atoms with Crippen molar-refractivity contribution in [2.75, 3.05) is 26.4 Å². The van der Waals surface area contributed by atoms with Crippen LogP contribution in [0.15, 0.2) is 54.4 Å². The Labute approximate surface area is 171 Å². The van der Waals surface area contributed by atoms with Crippen molar-refractivity contribution in [3.05, 3.63) is 75.6 Å². The first-order chi connectivity index (χ1) is 14.5. The second-order valence-electron chi connectivity index (χ2n) is 6.42. The van der Waals surface area contributed by atoms with Gasteiger partial charge in [-0.05, 0) is 11.6 Å². The maximum Gasteiger partial charge on any atom is 0.295 e. The van der Waals surface area contributed by atoms with E-state index in [0.29, 0.717) is 5.56 Å². The lowest BCUT2D eigenvalue weighted by molar-refractivity contribution is -0.384. The number of benzene rings is 1. The first kappa shape index (κ1) is 21.1. The highest BCUT2D eigenvalue weighted by Crippen LogP contribution is 2.39. The van der Waals surface area contributed by atoms with Crippen molar-refractivity contribution < 1.29 is 29.5 Å². The average Bonchev–Trinajstić information content (AvgIpc) is 3.01. The molecule has 30 heavy (non-hydrogen) atoms. The molecule has 1 aromatic heterocycles. The van der Waals surface area contributed by atoms with Gasteiger partial charge in [0.25, 0.3) is 17.4 Å². The standard InChI is InChI=1S/C20H19N3O7/c24-8-10-30-9-7-22-17(14-4-2-6-21-12-14)16(19(26)20(22)27)18(25)13-3-1-5-15(11-13)23(28)29/h1-6,11-12,17,24-25H,7-10H2/b18-16+/t17-/m1/s1. The van der Waals surface area contributed by atoms with Gasteiger partial charge in [-0.3, -0.25) is 24.7 Å². The molecule has 0 spiro atoms. The molecule has 2 aromatic rings. The van der Waals surface area contributed by atoms with Crippen LogP contribution in [0.4, 0.5) is 5.69 Å². The number of hydrogen-bond donors (Lipinski definition) is 2. The zero-order valence-corrected chi connectivity index (χ0v) is 15.8. The molecule has 1 atom stereocenters. The van der Waals surface area contributed by atoms with Crippen LogP contribution < -0.4 is 0 Å². The number of non-ortho nitro benzene ring substituents is 1. The molecule has 0 saturated carbocycles. The molecule has 10 heteroatoms. The quantitative estimate of drug-likeness (QED) is 0.165. The predicted molar refractivity (Wildman–Crippen MR) is 104 cm³/mol. The van der Waals surface area contributed by atoms with Gasteiger partial charge >= 0.3 is 0 Å². The van der Waals surface area contributed by atoms with E-state index in [-0.39, 0.29) is 43.2 Å². The number of rotatable bonds is 8. The van der Waals surface area contributed by atoms with Gasteiger partial charge in [-0.1, -0.05) is 18.2 Å². The smallest absolute Gasteiger partial charge is 0.295 e. The van der Waals surface area contributed by atoms with Crippen molar-refractivity contribution in [1.29, 1.82) is 0 Å². The van der Waals surface area contributed by atoms with Crippen LogP contribution in [0, 0.1) is 10.1 Å². The monoisotopic (exact) mass is 413 g/mol. The van der Waals surface area contributed by atoms with E-state index in [2.05, 4.69) is 4.98 Å². The van der Waals surface area contributed by atoms with Gasteiger partial charge in [-0.25, -0.2) is 0 Å². The van der Waals surface area contributed by atoms with Crippen LogP contribution in [0.5, 0.6) is 0 Å². The number of likely N-dealkylation sites (tertiary alicyclic amines) is 1. The van der Waals surface area contributed by atoms with Gasteiger partial charge in [0.15, 0.2) is 0 Å². The van der Waals surface area contributed by atoms with Gasteiger partial charge in [0.2, 0.25) is 0 Å². The van der Waals surface area contributed by atoms with E-state index in [1.807, 2.05) is 0 Å². The Morgan fingerprint density at radius 2 is 2.03 bits per heavy atom. The number of amides is 1. The molecule has 0 radical (unpaired) electrons. The number of aliphatic hydroxyl groups is 2. The first-order valence-electron chi connectivity index (χ1n) is 9.07. The van der Waals surface area contributed by atoms with Crippen LogP contribution in [0.2, 0.25) is 0 Å². The third-order valence-corrected chi connectivity index (χ3v) is 4.58. The lowest BCUT2D eigenvalue weighted by atomic mass is 9.96. The Balaban J connectivity index is 2.07. The van der Waals surface area contributed by atoms with Gasteiger partial charge in [0.1, 0.15) is 5.76 Å². The maximum absolute atomic E-state index is 12.8. The molecule has 1 fully saturated rings. The van der Waals surface area contributed by atoms with E-state index in [0.717, 1.165) is 6.07 Å². The summed E-state index contributed by atoms with van der Waals surface area (Å²) in [4.78, 5) is 41.2. The second-order valence-corrected chi connectivity index (χ2v) is 6.42. The molecule has 2 N–H and O–H groups in total. The van der Waals surface area contributed by atoms with E-state index in [1.165, 1.54) is 35.5 Å². The van der Waals surface area contributed by atoms with Crippen molar-refractivity contribution >= 4 is 23.1 Å². The maximum atomic E-state index is 12.8. The Morgan fingerprint density at radius 1 is 1.23 bits per heavy atom. The number of Topliss-reactive ketones (excluding diaryl/α,β-unsaturated/α-hetero) is 1. The summed E-state index contributed by atoms with van der Waals surface area (Å²) in [6.07, 6.45) is 3.00. The highest BCUT2D eigenvalue weighted by molar-refractivity contribution is 6.46. The summed E-state index contributed by atoms with van der Waals surface area (Å²) in [7, 11) is 0. The number of nitrogens with zero attached hydrogens (tertiary/aromatic N) is 3. The second kappa shape index (κ2) is 9.25. The van der Waals surface area contributed by atoms with Crippen LogP contribution >= 0.6 is 0 Å². The number of nitro benzene ring substituents is 1. The number of carbonyl (C=O) groups excluding carboxylic acids is 2. The van der Waals surface area contributed by atoms with E-state index in [9.17, 15) is 24.8 Å². The topological polar surface area (TPSA) is 143 Å². The largest absolute Gasteiger partial charge is 0.507 e. The molecule has 10 nitrogen and oxygen atoms in total. The average molecular weight is 413 g/mol. The molecular weight excluding hydrogens is 394 g/mol. The van der Waals surface area contributed by atoms with Crippen LogP contribution in [-0.4, -0.2) is 63.1 Å². The summed E-state index contributed by atoms with van der Waals surface area (Å²) < 4.78 is 5.21. The molecule has 1 saturated heterocycles. The minimum Gasteiger partial charge on any atom is -0.507 e. The summed E-state index contributed by atoms with van der Waals surface area (Å²) in [6.45, 7) is 0.00382. The summed E-state index contributed by atoms with van der Waals surface area (Å²) in [5.41, 5.74) is 0.0951. The number of aliphatic hydroxyl groups excluding tert-OH is 2. The fraction of sp³-hybridized carbons (Fsp3) is 0.250. The normalized spacial score (nSPS) is 18.0. The highest BCUT2D eigenvalue weighted by Gasteiger charge is 2.46. The number of ketones is 1. The Hall–Kier alpha value is -3.63. The van der Waals surface area contributed by atoms with E-state index in [4.69, 9.17) is 9.84 Å². The van der Waals surface area contributed by atoms with Gasteiger partial charge in [0.05, 0.1) is 36.4 Å². The number of aromatic nitrogens is 1. The molecular formula is C20H19N3O7. The van der Waals surface area contributed by atoms with Gasteiger partial charge < -0.3 is 19.8 Å². The van der Waals surface area contributed by atoms with Crippen LogP contribution in [0.25, 0.3) is 5.76 Å². The van der Waals surface area contributed by atoms with Gasteiger partial charge in [-0.2, -0.15) is 0 Å². The van der Waals surface area contributed by atoms with E-state index < -0.39 is 28.4 Å². The zero-order valence-electron chi connectivity index (χ0n) is 15.8. The number of hydrogen-bond acceptors (Lipinski definition) is 8. The zero-order chi connectivity index (χ0) is 21.7. The number of pyridine rings is 1. The molecule has 1 aliphatic rings. The minimum absolute atomic E-state index is 0.0376. The highest BCUT2D eigenvalue weighted by atomic mass is 16.6. The summed E-state index contributed by atoms with van der Waals surface area (Å²) >= 11 is 0. The van der Waals surface area contributed by atoms with Crippen LogP contribution in [0.1, 0.15) is 17.2 Å². The van der Waals surface area contributed by atoms with E-state index >= 15 is 0 Å². The third kappa shape index (κ3) is 4.19. The number of nitro groups is 1. The summed E-state index contributed by atoms with van der Waals surface area (Å²) in [5, 5.41) is 30.7. The third-order valence-electron chi connectivity index (χ3n) is 4.58. The fourth-order valence-electron chi connectivity index (χ4n) is 3.25. The molecule has 2 heterocycles. The summed E-state index contributed by atoms with van der Waals surface area (Å²) in [5.74, 6) is -2.25. The number of ether oxygens (including phenoxy) is 1. The van der Waals surface area contributed by atoms with Crippen LogP contribution in [0.3, 0.4) is 0 Å². The van der Waals surface area contributed by atoms with Crippen molar-refractivity contribution in [3.8, 4) is 0 Å². The molecule has 0 aliphatic carbocycles. The Morgan fingerprint density at radius 3 is 2.70 bits per heavy atom. The van der Waals surface area contributed by atoms with Gasteiger partial charge in [0, 0.05) is 36.6 Å². The first-order valence-corrected chi connectivity index (χ1v) is 9.07. The van der Waals surface area contributed by atoms with Crippen LogP contribution in [-0.2, 0) is 14.3 Å². The SMILES string of the molecule is O=C1C(=O)N(CCOCCO)[C@H](c2cccnc2)/C1=C(\O)c1cccc([N+](=O)[O-])c1. The van der Waals surface area contributed by atoms with Crippen molar-refractivity contribution in [2.24, 2.45) is 0 Å². The molecule has 0 bridgehead atoms. The van der Waals surface area contributed by atoms with Crippen molar-refractivity contribution in [3.63, 3.8) is 0 Å². The predicted octanol–water partition coefficient (Wildman–Crippen LogP) is 1.42. The molecule has 1 amide bonds. The van der Waals surface area contributed by atoms with Crippen molar-refractivity contribution in [1.82, 2.24) is 9.88 Å². The molecule has 156 valence electrons.